The summed E-state index contributed by atoms with van der Waals surface area (Å²) in [6, 6.07) is 9.32. The first-order valence-electron chi connectivity index (χ1n) is 6.03. The van der Waals surface area contributed by atoms with E-state index in [0.717, 1.165) is 24.2 Å². The van der Waals surface area contributed by atoms with Gasteiger partial charge in [-0.05, 0) is 37.1 Å². The topological polar surface area (TPSA) is 63.7 Å². The zero-order chi connectivity index (χ0) is 13.2. The molecule has 0 spiro atoms. The van der Waals surface area contributed by atoms with Crippen LogP contribution in [0.5, 0.6) is 0 Å². The number of hydrogen-bond acceptors (Lipinski definition) is 4. The lowest BCUT2D eigenvalue weighted by Gasteiger charge is -2.12. The van der Waals surface area contributed by atoms with Crippen molar-refractivity contribution in [3.8, 4) is 11.8 Å². The number of rotatable bonds is 2. The molecule has 1 aromatic heterocycles. The van der Waals surface area contributed by atoms with Crippen molar-refractivity contribution in [1.82, 2.24) is 15.0 Å². The summed E-state index contributed by atoms with van der Waals surface area (Å²) in [5.74, 6) is 0. The van der Waals surface area contributed by atoms with E-state index in [1.165, 1.54) is 0 Å². The van der Waals surface area contributed by atoms with Crippen LogP contribution < -0.4 is 0 Å². The molecule has 1 fully saturated rings. The lowest BCUT2D eigenvalue weighted by Crippen LogP contribution is -2.08. The van der Waals surface area contributed by atoms with Gasteiger partial charge in [-0.3, -0.25) is 0 Å². The third kappa shape index (κ3) is 2.21. The summed E-state index contributed by atoms with van der Waals surface area (Å²) in [7, 11) is 0. The fraction of sp³-hybridized carbons (Fsp3) is 0.308. The van der Waals surface area contributed by atoms with Crippen molar-refractivity contribution in [3.63, 3.8) is 0 Å². The highest BCUT2D eigenvalue weighted by molar-refractivity contribution is 6.30. The third-order valence-corrected chi connectivity index (χ3v) is 3.37. The molecule has 1 atom stereocenters. The van der Waals surface area contributed by atoms with Gasteiger partial charge in [-0.25, -0.2) is 4.68 Å². The van der Waals surface area contributed by atoms with Crippen LogP contribution in [-0.4, -0.2) is 21.6 Å². The Balaban J connectivity index is 2.08. The largest absolute Gasteiger partial charge is 0.372 e. The van der Waals surface area contributed by atoms with Gasteiger partial charge in [0.25, 0.3) is 0 Å². The van der Waals surface area contributed by atoms with Crippen molar-refractivity contribution in [2.75, 3.05) is 6.61 Å². The van der Waals surface area contributed by atoms with Gasteiger partial charge in [-0.1, -0.05) is 16.8 Å². The minimum atomic E-state index is -0.111. The SMILES string of the molecule is N#Cc1nnn(-c2ccc(Cl)cc2)c1C1CCCO1. The molecule has 0 amide bonds. The van der Waals surface area contributed by atoms with Gasteiger partial charge in [-0.2, -0.15) is 5.26 Å². The lowest BCUT2D eigenvalue weighted by atomic mass is 10.1. The van der Waals surface area contributed by atoms with Crippen LogP contribution in [-0.2, 0) is 4.74 Å². The van der Waals surface area contributed by atoms with Gasteiger partial charge in [-0.15, -0.1) is 5.10 Å². The second kappa shape index (κ2) is 5.00. The summed E-state index contributed by atoms with van der Waals surface area (Å²) in [4.78, 5) is 0. The molecule has 0 radical (unpaired) electrons. The first-order chi connectivity index (χ1) is 9.29. The first kappa shape index (κ1) is 12.2. The van der Waals surface area contributed by atoms with Gasteiger partial charge in [0.2, 0.25) is 0 Å². The molecule has 1 aliphatic heterocycles. The van der Waals surface area contributed by atoms with Crippen molar-refractivity contribution in [3.05, 3.63) is 40.7 Å². The van der Waals surface area contributed by atoms with Crippen LogP contribution >= 0.6 is 11.6 Å². The van der Waals surface area contributed by atoms with Crippen LogP contribution in [0.2, 0.25) is 5.02 Å². The maximum atomic E-state index is 9.14. The van der Waals surface area contributed by atoms with Crippen molar-refractivity contribution in [2.24, 2.45) is 0 Å². The highest BCUT2D eigenvalue weighted by atomic mass is 35.5. The van der Waals surface area contributed by atoms with Crippen LogP contribution in [0.3, 0.4) is 0 Å². The molecule has 0 saturated carbocycles. The standard InChI is InChI=1S/C13H11ClN4O/c14-9-3-5-10(6-4-9)18-13(11(8-15)16-17-18)12-2-1-7-19-12/h3-6,12H,1-2,7H2. The maximum absolute atomic E-state index is 9.14. The Morgan fingerprint density at radius 3 is 2.79 bits per heavy atom. The molecular weight excluding hydrogens is 264 g/mol. The smallest absolute Gasteiger partial charge is 0.189 e. The van der Waals surface area contributed by atoms with E-state index in [-0.39, 0.29) is 6.10 Å². The van der Waals surface area contributed by atoms with E-state index in [9.17, 15) is 0 Å². The minimum Gasteiger partial charge on any atom is -0.372 e. The van der Waals surface area contributed by atoms with Gasteiger partial charge in [0.1, 0.15) is 17.9 Å². The summed E-state index contributed by atoms with van der Waals surface area (Å²) >= 11 is 5.88. The van der Waals surface area contributed by atoms with Crippen molar-refractivity contribution in [2.45, 2.75) is 18.9 Å². The van der Waals surface area contributed by atoms with Crippen LogP contribution in [0.4, 0.5) is 0 Å². The molecule has 1 saturated heterocycles. The highest BCUT2D eigenvalue weighted by Crippen LogP contribution is 2.31. The van der Waals surface area contributed by atoms with Gasteiger partial charge in [0.05, 0.1) is 5.69 Å². The van der Waals surface area contributed by atoms with Gasteiger partial charge >= 0.3 is 0 Å². The molecule has 1 aliphatic rings. The van der Waals surface area contributed by atoms with E-state index in [1.54, 1.807) is 16.8 Å². The van der Waals surface area contributed by atoms with E-state index < -0.39 is 0 Å². The Hall–Kier alpha value is -1.90. The Morgan fingerprint density at radius 2 is 2.16 bits per heavy atom. The van der Waals surface area contributed by atoms with Gasteiger partial charge in [0, 0.05) is 11.6 Å². The fourth-order valence-electron chi connectivity index (χ4n) is 2.22. The van der Waals surface area contributed by atoms with Gasteiger partial charge in [0.15, 0.2) is 5.69 Å². The summed E-state index contributed by atoms with van der Waals surface area (Å²) in [6.07, 6.45) is 1.76. The molecule has 1 aromatic carbocycles. The molecule has 0 N–H and O–H groups in total. The molecule has 2 heterocycles. The number of nitriles is 1. The van der Waals surface area contributed by atoms with Gasteiger partial charge < -0.3 is 4.74 Å². The average molecular weight is 275 g/mol. The number of benzene rings is 1. The van der Waals surface area contributed by atoms with Crippen molar-refractivity contribution < 1.29 is 4.74 Å². The number of nitrogens with zero attached hydrogens (tertiary/aromatic N) is 4. The monoisotopic (exact) mass is 274 g/mol. The average Bonchev–Trinajstić information content (AvgIpc) is 3.07. The zero-order valence-electron chi connectivity index (χ0n) is 10.1. The molecule has 6 heteroatoms. The minimum absolute atomic E-state index is 0.111. The van der Waals surface area contributed by atoms with Crippen LogP contribution in [0.25, 0.3) is 5.69 Å². The van der Waals surface area contributed by atoms with E-state index in [4.69, 9.17) is 21.6 Å². The van der Waals surface area contributed by atoms with Crippen LogP contribution in [0.15, 0.2) is 24.3 Å². The molecule has 96 valence electrons. The number of aromatic nitrogens is 3. The number of hydrogen-bond donors (Lipinski definition) is 0. The molecule has 3 rings (SSSR count). The fourth-order valence-corrected chi connectivity index (χ4v) is 2.35. The summed E-state index contributed by atoms with van der Waals surface area (Å²) in [6.45, 7) is 0.710. The van der Waals surface area contributed by atoms with Crippen LogP contribution in [0.1, 0.15) is 30.3 Å². The predicted molar refractivity (Wildman–Crippen MR) is 69.0 cm³/mol. The van der Waals surface area contributed by atoms with E-state index in [0.29, 0.717) is 17.3 Å². The first-order valence-corrected chi connectivity index (χ1v) is 6.40. The summed E-state index contributed by atoms with van der Waals surface area (Å²) in [5.41, 5.74) is 1.87. The Morgan fingerprint density at radius 1 is 1.37 bits per heavy atom. The van der Waals surface area contributed by atoms with E-state index in [2.05, 4.69) is 16.4 Å². The lowest BCUT2D eigenvalue weighted by molar-refractivity contribution is 0.106. The number of halogens is 1. The maximum Gasteiger partial charge on any atom is 0.189 e. The second-order valence-corrected chi connectivity index (χ2v) is 4.76. The molecule has 2 aromatic rings. The Bertz CT molecular complexity index is 623. The quantitative estimate of drug-likeness (QED) is 0.844. The molecule has 0 bridgehead atoms. The highest BCUT2D eigenvalue weighted by Gasteiger charge is 2.27. The normalized spacial score (nSPS) is 18.4. The number of ether oxygens (including phenoxy) is 1. The van der Waals surface area contributed by atoms with E-state index >= 15 is 0 Å². The van der Waals surface area contributed by atoms with Crippen molar-refractivity contribution in [1.29, 1.82) is 5.26 Å². The summed E-state index contributed by atoms with van der Waals surface area (Å²) < 4.78 is 7.31. The zero-order valence-corrected chi connectivity index (χ0v) is 10.8. The Kier molecular flexibility index (Phi) is 3.20. The molecule has 19 heavy (non-hydrogen) atoms. The molecule has 0 aliphatic carbocycles. The predicted octanol–water partition coefficient (Wildman–Crippen LogP) is 2.64. The van der Waals surface area contributed by atoms with Crippen LogP contribution in [0, 0.1) is 11.3 Å². The molecule has 5 nitrogen and oxygen atoms in total. The third-order valence-electron chi connectivity index (χ3n) is 3.12. The van der Waals surface area contributed by atoms with E-state index in [1.807, 2.05) is 12.1 Å². The molecule has 1 unspecified atom stereocenters. The summed E-state index contributed by atoms with van der Waals surface area (Å²) in [5, 5.41) is 17.8. The van der Waals surface area contributed by atoms with Crippen molar-refractivity contribution >= 4 is 11.6 Å². The Labute approximate surface area is 115 Å². The molecular formula is C13H11ClN4O. The second-order valence-electron chi connectivity index (χ2n) is 4.32.